The first kappa shape index (κ1) is 18.3. The van der Waals surface area contributed by atoms with Crippen LogP contribution in [0.2, 0.25) is 5.02 Å². The van der Waals surface area contributed by atoms with E-state index in [0.717, 1.165) is 28.9 Å². The molecule has 2 rings (SSSR count). The van der Waals surface area contributed by atoms with E-state index in [9.17, 15) is 0 Å². The summed E-state index contributed by atoms with van der Waals surface area (Å²) in [5.74, 6) is 2.32. The van der Waals surface area contributed by atoms with Crippen molar-refractivity contribution in [2.45, 2.75) is 39.9 Å². The number of guanidine groups is 1. The van der Waals surface area contributed by atoms with Gasteiger partial charge in [-0.2, -0.15) is 0 Å². The summed E-state index contributed by atoms with van der Waals surface area (Å²) < 4.78 is 2.17. The van der Waals surface area contributed by atoms with E-state index < -0.39 is 0 Å². The van der Waals surface area contributed by atoms with Gasteiger partial charge in [-0.1, -0.05) is 37.6 Å². The zero-order chi connectivity index (χ0) is 17.5. The molecule has 5 nitrogen and oxygen atoms in total. The van der Waals surface area contributed by atoms with Gasteiger partial charge >= 0.3 is 0 Å². The van der Waals surface area contributed by atoms with E-state index in [1.807, 2.05) is 36.7 Å². The Kier molecular flexibility index (Phi) is 6.67. The molecule has 0 fully saturated rings. The number of nitrogens with one attached hydrogen (secondary N) is 2. The molecule has 2 aromatic rings. The van der Waals surface area contributed by atoms with Crippen molar-refractivity contribution in [1.82, 2.24) is 20.2 Å². The van der Waals surface area contributed by atoms with Gasteiger partial charge < -0.3 is 15.2 Å². The second-order valence-electron chi connectivity index (χ2n) is 6.24. The second kappa shape index (κ2) is 8.73. The van der Waals surface area contributed by atoms with Crippen LogP contribution in [0, 0.1) is 5.92 Å². The van der Waals surface area contributed by atoms with Crippen molar-refractivity contribution in [3.8, 4) is 0 Å². The third kappa shape index (κ3) is 5.27. The van der Waals surface area contributed by atoms with Crippen LogP contribution in [0.3, 0.4) is 0 Å². The summed E-state index contributed by atoms with van der Waals surface area (Å²) in [6, 6.07) is 7.94. The third-order valence-electron chi connectivity index (χ3n) is 3.70. The average Bonchev–Trinajstić information content (AvgIpc) is 2.97. The largest absolute Gasteiger partial charge is 0.350 e. The third-order valence-corrected chi connectivity index (χ3v) is 3.94. The van der Waals surface area contributed by atoms with Gasteiger partial charge in [0, 0.05) is 31.0 Å². The summed E-state index contributed by atoms with van der Waals surface area (Å²) in [7, 11) is 1.76. The number of hydrogen-bond donors (Lipinski definition) is 2. The summed E-state index contributed by atoms with van der Waals surface area (Å²) in [5, 5.41) is 7.44. The van der Waals surface area contributed by atoms with Crippen LogP contribution in [0.4, 0.5) is 0 Å². The Morgan fingerprint density at radius 1 is 1.33 bits per heavy atom. The van der Waals surface area contributed by atoms with Gasteiger partial charge in [0.15, 0.2) is 5.96 Å². The van der Waals surface area contributed by atoms with Crippen molar-refractivity contribution in [1.29, 1.82) is 0 Å². The number of aliphatic imine (C=N–C) groups is 1. The highest BCUT2D eigenvalue weighted by Crippen LogP contribution is 2.17. The molecule has 1 heterocycles. The first-order chi connectivity index (χ1) is 11.5. The quantitative estimate of drug-likeness (QED) is 0.620. The lowest BCUT2D eigenvalue weighted by atomic mass is 10.1. The van der Waals surface area contributed by atoms with Gasteiger partial charge in [-0.25, -0.2) is 4.98 Å². The van der Waals surface area contributed by atoms with Crippen molar-refractivity contribution < 1.29 is 0 Å². The summed E-state index contributed by atoms with van der Waals surface area (Å²) in [6.45, 7) is 8.07. The fraction of sp³-hybridized carbons (Fsp3) is 0.444. The van der Waals surface area contributed by atoms with E-state index in [1.165, 1.54) is 0 Å². The molecule has 6 heteroatoms. The zero-order valence-electron chi connectivity index (χ0n) is 14.8. The number of rotatable bonds is 6. The lowest BCUT2D eigenvalue weighted by Crippen LogP contribution is -2.38. The normalized spacial score (nSPS) is 13.2. The van der Waals surface area contributed by atoms with E-state index in [1.54, 1.807) is 7.05 Å². The molecule has 0 spiro atoms. The SMILES string of the molecule is CN=C(NCc1nccn1CC(C)C)NC(C)c1cccc(Cl)c1. The summed E-state index contributed by atoms with van der Waals surface area (Å²) in [6.07, 6.45) is 3.85. The van der Waals surface area contributed by atoms with Crippen LogP contribution >= 0.6 is 11.6 Å². The van der Waals surface area contributed by atoms with E-state index in [0.29, 0.717) is 12.5 Å². The molecule has 0 amide bonds. The van der Waals surface area contributed by atoms with Crippen molar-refractivity contribution in [3.63, 3.8) is 0 Å². The van der Waals surface area contributed by atoms with Crippen molar-refractivity contribution >= 4 is 17.6 Å². The molecule has 0 bridgehead atoms. The lowest BCUT2D eigenvalue weighted by Gasteiger charge is -2.19. The first-order valence-corrected chi connectivity index (χ1v) is 8.60. The molecule has 0 radical (unpaired) electrons. The molecule has 1 aromatic carbocycles. The van der Waals surface area contributed by atoms with Gasteiger partial charge in [-0.3, -0.25) is 4.99 Å². The van der Waals surface area contributed by atoms with Gasteiger partial charge in [0.2, 0.25) is 0 Å². The van der Waals surface area contributed by atoms with E-state index in [4.69, 9.17) is 11.6 Å². The van der Waals surface area contributed by atoms with Gasteiger partial charge in [0.25, 0.3) is 0 Å². The predicted molar refractivity (Wildman–Crippen MR) is 100 cm³/mol. The van der Waals surface area contributed by atoms with E-state index in [2.05, 4.69) is 45.9 Å². The molecule has 24 heavy (non-hydrogen) atoms. The maximum absolute atomic E-state index is 6.06. The summed E-state index contributed by atoms with van der Waals surface area (Å²) in [5.41, 5.74) is 1.12. The summed E-state index contributed by atoms with van der Waals surface area (Å²) >= 11 is 6.06. The van der Waals surface area contributed by atoms with Crippen LogP contribution < -0.4 is 10.6 Å². The van der Waals surface area contributed by atoms with Crippen molar-refractivity contribution in [2.24, 2.45) is 10.9 Å². The molecule has 0 saturated heterocycles. The van der Waals surface area contributed by atoms with E-state index >= 15 is 0 Å². The molecule has 130 valence electrons. The maximum Gasteiger partial charge on any atom is 0.191 e. The number of nitrogens with zero attached hydrogens (tertiary/aromatic N) is 3. The molecule has 1 unspecified atom stereocenters. The number of imidazole rings is 1. The van der Waals surface area contributed by atoms with Crippen LogP contribution in [-0.2, 0) is 13.1 Å². The Balaban J connectivity index is 1.94. The monoisotopic (exact) mass is 347 g/mol. The molecule has 1 atom stereocenters. The highest BCUT2D eigenvalue weighted by atomic mass is 35.5. The minimum absolute atomic E-state index is 0.102. The van der Waals surface area contributed by atoms with Gasteiger partial charge in [-0.05, 0) is 30.5 Å². The molecule has 1 aromatic heterocycles. The fourth-order valence-electron chi connectivity index (χ4n) is 2.49. The Hall–Kier alpha value is -2.01. The maximum atomic E-state index is 6.06. The van der Waals surface area contributed by atoms with E-state index in [-0.39, 0.29) is 6.04 Å². The lowest BCUT2D eigenvalue weighted by molar-refractivity contribution is 0.503. The van der Waals surface area contributed by atoms with Gasteiger partial charge in [0.05, 0.1) is 12.6 Å². The van der Waals surface area contributed by atoms with Crippen molar-refractivity contribution in [2.75, 3.05) is 7.05 Å². The Morgan fingerprint density at radius 3 is 2.79 bits per heavy atom. The highest BCUT2D eigenvalue weighted by Gasteiger charge is 2.10. The fourth-order valence-corrected chi connectivity index (χ4v) is 2.69. The minimum atomic E-state index is 0.102. The van der Waals surface area contributed by atoms with Crippen LogP contribution in [0.5, 0.6) is 0 Å². The standard InChI is InChI=1S/C18H26ClN5/c1-13(2)12-24-9-8-21-17(24)11-22-18(20-4)23-14(3)15-6-5-7-16(19)10-15/h5-10,13-14H,11-12H2,1-4H3,(H2,20,22,23). The molecule has 0 aliphatic carbocycles. The Labute approximate surface area is 149 Å². The van der Waals surface area contributed by atoms with Gasteiger partial charge in [-0.15, -0.1) is 0 Å². The molecular weight excluding hydrogens is 322 g/mol. The molecule has 2 N–H and O–H groups in total. The number of benzene rings is 1. The first-order valence-electron chi connectivity index (χ1n) is 8.22. The smallest absolute Gasteiger partial charge is 0.191 e. The molecule has 0 saturated carbocycles. The van der Waals surface area contributed by atoms with Gasteiger partial charge in [0.1, 0.15) is 5.82 Å². The van der Waals surface area contributed by atoms with Crippen LogP contribution in [0.15, 0.2) is 41.7 Å². The van der Waals surface area contributed by atoms with Crippen LogP contribution in [-0.4, -0.2) is 22.6 Å². The second-order valence-corrected chi connectivity index (χ2v) is 6.67. The predicted octanol–water partition coefficient (Wildman–Crippen LogP) is 3.62. The average molecular weight is 348 g/mol. The molecule has 0 aliphatic heterocycles. The van der Waals surface area contributed by atoms with Crippen molar-refractivity contribution in [3.05, 3.63) is 53.1 Å². The van der Waals surface area contributed by atoms with Crippen LogP contribution in [0.1, 0.15) is 38.2 Å². The highest BCUT2D eigenvalue weighted by molar-refractivity contribution is 6.30. The number of halogens is 1. The molecule has 0 aliphatic rings. The summed E-state index contributed by atoms with van der Waals surface area (Å²) in [4.78, 5) is 8.72. The van der Waals surface area contributed by atoms with Crippen LogP contribution in [0.25, 0.3) is 0 Å². The number of hydrogen-bond acceptors (Lipinski definition) is 2. The Morgan fingerprint density at radius 2 is 2.12 bits per heavy atom. The minimum Gasteiger partial charge on any atom is -0.350 e. The molecular formula is C18H26ClN5. The topological polar surface area (TPSA) is 54.2 Å². The Bertz CT molecular complexity index is 678. The number of aromatic nitrogens is 2. The zero-order valence-corrected chi connectivity index (χ0v) is 15.5.